The normalized spacial score (nSPS) is 13.8. The van der Waals surface area contributed by atoms with Crippen LogP contribution in [0, 0.1) is 5.41 Å². The highest BCUT2D eigenvalue weighted by Gasteiger charge is 2.21. The molecule has 2 rings (SSSR count). The van der Waals surface area contributed by atoms with Crippen LogP contribution in [0.4, 0.5) is 0 Å². The van der Waals surface area contributed by atoms with Gasteiger partial charge in [0.2, 0.25) is 0 Å². The number of nitrogens with two attached hydrogens (primary N) is 1. The molecule has 0 saturated carbocycles. The van der Waals surface area contributed by atoms with Gasteiger partial charge in [-0.1, -0.05) is 32.9 Å². The summed E-state index contributed by atoms with van der Waals surface area (Å²) in [6.45, 7) is 6.69. The Morgan fingerprint density at radius 1 is 1.33 bits per heavy atom. The van der Waals surface area contributed by atoms with Crippen LogP contribution in [0.25, 0.3) is 10.9 Å². The summed E-state index contributed by atoms with van der Waals surface area (Å²) in [5.74, 6) is 0. The van der Waals surface area contributed by atoms with Crippen molar-refractivity contribution in [1.82, 2.24) is 9.55 Å². The van der Waals surface area contributed by atoms with E-state index < -0.39 is 0 Å². The van der Waals surface area contributed by atoms with Crippen LogP contribution in [0.2, 0.25) is 0 Å². The molecule has 96 valence electrons. The molecule has 1 aromatic carbocycles. The van der Waals surface area contributed by atoms with Crippen LogP contribution in [0.3, 0.4) is 0 Å². The quantitative estimate of drug-likeness (QED) is 0.877. The molecule has 0 aliphatic carbocycles. The fraction of sp³-hybridized carbons (Fsp3) is 0.429. The van der Waals surface area contributed by atoms with Crippen molar-refractivity contribution in [3.8, 4) is 0 Å². The molecule has 4 nitrogen and oxygen atoms in total. The van der Waals surface area contributed by atoms with Crippen molar-refractivity contribution >= 4 is 10.9 Å². The fourth-order valence-corrected chi connectivity index (χ4v) is 1.72. The number of hydrogen-bond acceptors (Lipinski definition) is 3. The molecule has 0 aliphatic heterocycles. The Morgan fingerprint density at radius 2 is 2.00 bits per heavy atom. The van der Waals surface area contributed by atoms with E-state index in [0.29, 0.717) is 11.9 Å². The van der Waals surface area contributed by atoms with Gasteiger partial charge in [0.05, 0.1) is 17.2 Å². The monoisotopic (exact) mass is 245 g/mol. The molecular weight excluding hydrogens is 226 g/mol. The van der Waals surface area contributed by atoms with Crippen molar-refractivity contribution in [2.45, 2.75) is 33.4 Å². The molecule has 0 radical (unpaired) electrons. The van der Waals surface area contributed by atoms with Gasteiger partial charge < -0.3 is 5.73 Å². The smallest absolute Gasteiger partial charge is 0.261 e. The highest BCUT2D eigenvalue weighted by Crippen LogP contribution is 2.18. The van der Waals surface area contributed by atoms with E-state index in [2.05, 4.69) is 25.8 Å². The molecule has 0 amide bonds. The van der Waals surface area contributed by atoms with Crippen LogP contribution >= 0.6 is 0 Å². The minimum absolute atomic E-state index is 0.0275. The van der Waals surface area contributed by atoms with Crippen molar-refractivity contribution in [2.24, 2.45) is 11.1 Å². The Balaban J connectivity index is 2.41. The summed E-state index contributed by atoms with van der Waals surface area (Å²) < 4.78 is 1.60. The molecule has 0 bridgehead atoms. The summed E-state index contributed by atoms with van der Waals surface area (Å²) in [5, 5.41) is 0.640. The first-order valence-corrected chi connectivity index (χ1v) is 6.09. The van der Waals surface area contributed by atoms with Crippen LogP contribution < -0.4 is 11.3 Å². The minimum atomic E-state index is -0.0850. The van der Waals surface area contributed by atoms with E-state index in [4.69, 9.17) is 5.73 Å². The molecule has 1 aromatic heterocycles. The minimum Gasteiger partial charge on any atom is -0.326 e. The largest absolute Gasteiger partial charge is 0.326 e. The predicted molar refractivity (Wildman–Crippen MR) is 73.4 cm³/mol. The number of fused-ring (bicyclic) bond motifs is 1. The molecule has 18 heavy (non-hydrogen) atoms. The number of aromatic nitrogens is 2. The summed E-state index contributed by atoms with van der Waals surface area (Å²) in [7, 11) is 0. The maximum absolute atomic E-state index is 12.3. The lowest BCUT2D eigenvalue weighted by molar-refractivity contribution is 0.289. The first-order valence-electron chi connectivity index (χ1n) is 6.09. The lowest BCUT2D eigenvalue weighted by Crippen LogP contribution is -2.41. The van der Waals surface area contributed by atoms with Crippen LogP contribution in [0.15, 0.2) is 35.4 Å². The third kappa shape index (κ3) is 2.43. The molecule has 0 aliphatic rings. The first kappa shape index (κ1) is 12.8. The standard InChI is InChI=1S/C14H19N3O/c1-14(2,3)12(15)8-17-9-16-11-7-5-4-6-10(11)13(17)18/h4-7,9,12H,8,15H2,1-3H3. The van der Waals surface area contributed by atoms with Gasteiger partial charge in [0, 0.05) is 12.6 Å². The Labute approximate surface area is 106 Å². The van der Waals surface area contributed by atoms with E-state index in [1.165, 1.54) is 0 Å². The van der Waals surface area contributed by atoms with Gasteiger partial charge in [0.15, 0.2) is 0 Å². The summed E-state index contributed by atoms with van der Waals surface area (Å²) in [6, 6.07) is 7.27. The summed E-state index contributed by atoms with van der Waals surface area (Å²) in [6.07, 6.45) is 1.58. The van der Waals surface area contributed by atoms with Gasteiger partial charge in [-0.2, -0.15) is 0 Å². The van der Waals surface area contributed by atoms with Crippen LogP contribution in [-0.4, -0.2) is 15.6 Å². The predicted octanol–water partition coefficient (Wildman–Crippen LogP) is 1.77. The number of nitrogens with zero attached hydrogens (tertiary/aromatic N) is 2. The van der Waals surface area contributed by atoms with Gasteiger partial charge in [-0.25, -0.2) is 4.98 Å². The maximum Gasteiger partial charge on any atom is 0.261 e. The van der Waals surface area contributed by atoms with Gasteiger partial charge >= 0.3 is 0 Å². The average Bonchev–Trinajstić information content (AvgIpc) is 2.32. The second kappa shape index (κ2) is 4.53. The van der Waals surface area contributed by atoms with Crippen molar-refractivity contribution in [3.05, 3.63) is 40.9 Å². The van der Waals surface area contributed by atoms with Crippen molar-refractivity contribution in [2.75, 3.05) is 0 Å². The Morgan fingerprint density at radius 3 is 2.67 bits per heavy atom. The SMILES string of the molecule is CC(C)(C)C(N)Cn1cnc2ccccc2c1=O. The zero-order valence-corrected chi connectivity index (χ0v) is 11.1. The highest BCUT2D eigenvalue weighted by atomic mass is 16.1. The summed E-state index contributed by atoms with van der Waals surface area (Å²) in [4.78, 5) is 16.5. The number of para-hydroxylation sites is 1. The van der Waals surface area contributed by atoms with Crippen LogP contribution in [0.5, 0.6) is 0 Å². The molecule has 0 spiro atoms. The third-order valence-corrected chi connectivity index (χ3v) is 3.24. The van der Waals surface area contributed by atoms with Gasteiger partial charge in [0.1, 0.15) is 0 Å². The average molecular weight is 245 g/mol. The Hall–Kier alpha value is -1.68. The van der Waals surface area contributed by atoms with Crippen molar-refractivity contribution < 1.29 is 0 Å². The maximum atomic E-state index is 12.3. The molecular formula is C14H19N3O. The van der Waals surface area contributed by atoms with Crippen molar-refractivity contribution in [3.63, 3.8) is 0 Å². The number of rotatable bonds is 2. The van der Waals surface area contributed by atoms with Gasteiger partial charge in [0.25, 0.3) is 5.56 Å². The van der Waals surface area contributed by atoms with E-state index in [9.17, 15) is 4.79 Å². The lowest BCUT2D eigenvalue weighted by Gasteiger charge is -2.27. The second-order valence-electron chi connectivity index (χ2n) is 5.69. The van der Waals surface area contributed by atoms with Crippen LogP contribution in [0.1, 0.15) is 20.8 Å². The van der Waals surface area contributed by atoms with E-state index in [0.717, 1.165) is 5.52 Å². The van der Waals surface area contributed by atoms with Crippen molar-refractivity contribution in [1.29, 1.82) is 0 Å². The molecule has 1 unspecified atom stereocenters. The number of hydrogen-bond donors (Lipinski definition) is 1. The second-order valence-corrected chi connectivity index (χ2v) is 5.69. The molecule has 4 heteroatoms. The highest BCUT2D eigenvalue weighted by molar-refractivity contribution is 5.76. The zero-order chi connectivity index (χ0) is 13.3. The zero-order valence-electron chi connectivity index (χ0n) is 11.1. The first-order chi connectivity index (χ1) is 8.39. The van der Waals surface area contributed by atoms with Gasteiger partial charge in [-0.15, -0.1) is 0 Å². The third-order valence-electron chi connectivity index (χ3n) is 3.24. The van der Waals surface area contributed by atoms with E-state index >= 15 is 0 Å². The topological polar surface area (TPSA) is 60.9 Å². The fourth-order valence-electron chi connectivity index (χ4n) is 1.72. The van der Waals surface area contributed by atoms with Gasteiger partial charge in [-0.3, -0.25) is 9.36 Å². The molecule has 2 aromatic rings. The Bertz CT molecular complexity index is 610. The Kier molecular flexibility index (Phi) is 3.22. The molecule has 0 saturated heterocycles. The number of benzene rings is 1. The van der Waals surface area contributed by atoms with Crippen LogP contribution in [-0.2, 0) is 6.54 Å². The summed E-state index contributed by atoms with van der Waals surface area (Å²) >= 11 is 0. The lowest BCUT2D eigenvalue weighted by atomic mass is 9.87. The van der Waals surface area contributed by atoms with Gasteiger partial charge in [-0.05, 0) is 17.5 Å². The molecule has 1 atom stereocenters. The van der Waals surface area contributed by atoms with E-state index in [-0.39, 0.29) is 17.0 Å². The van der Waals surface area contributed by atoms with E-state index in [1.54, 1.807) is 17.0 Å². The molecule has 0 fully saturated rings. The van der Waals surface area contributed by atoms with E-state index in [1.807, 2.05) is 18.2 Å². The molecule has 2 N–H and O–H groups in total. The molecule has 1 heterocycles. The summed E-state index contributed by atoms with van der Waals surface area (Å²) in [5.41, 5.74) is 6.77.